The summed E-state index contributed by atoms with van der Waals surface area (Å²) in [5, 5.41) is 8.80. The van der Waals surface area contributed by atoms with E-state index in [9.17, 15) is 13.6 Å². The number of carbonyl (C=O) groups excluding carboxylic acids is 1. The highest BCUT2D eigenvalue weighted by Gasteiger charge is 2.44. The molecule has 1 fully saturated rings. The molecule has 1 aromatic carbocycles. The number of ether oxygens (including phenoxy) is 1. The first-order valence-electron chi connectivity index (χ1n) is 8.82. The highest BCUT2D eigenvalue weighted by Crippen LogP contribution is 2.43. The summed E-state index contributed by atoms with van der Waals surface area (Å²) in [6, 6.07) is 5.38. The number of amides is 1. The number of hydrogen-bond acceptors (Lipinski definition) is 6. The van der Waals surface area contributed by atoms with E-state index in [1.165, 1.54) is 0 Å². The maximum atomic E-state index is 12.8. The first-order valence-corrected chi connectivity index (χ1v) is 9.16. The predicted molar refractivity (Wildman–Crippen MR) is 106 cm³/mol. The van der Waals surface area contributed by atoms with Crippen molar-refractivity contribution in [1.29, 1.82) is 0 Å². The zero-order chi connectivity index (χ0) is 20.9. The Kier molecular flexibility index (Phi) is 12.4. The van der Waals surface area contributed by atoms with Crippen molar-refractivity contribution in [2.24, 2.45) is 5.92 Å². The number of rotatable bonds is 8. The smallest absolute Gasteiger partial charge is 0.253 e. The van der Waals surface area contributed by atoms with Crippen LogP contribution in [0.3, 0.4) is 0 Å². The van der Waals surface area contributed by atoms with Crippen LogP contribution in [-0.2, 0) is 17.3 Å². The maximum Gasteiger partial charge on any atom is 0.253 e. The minimum Gasteiger partial charge on any atom is -0.384 e. The van der Waals surface area contributed by atoms with Crippen molar-refractivity contribution in [2.75, 3.05) is 38.1 Å². The lowest BCUT2D eigenvalue weighted by Gasteiger charge is -2.35. The summed E-state index contributed by atoms with van der Waals surface area (Å²) in [4.78, 5) is 12.0. The summed E-state index contributed by atoms with van der Waals surface area (Å²) in [5.41, 5.74) is 1.97. The highest BCUT2D eigenvalue weighted by molar-refractivity contribution is 7.44. The van der Waals surface area contributed by atoms with Gasteiger partial charge in [-0.3, -0.25) is 4.79 Å². The fourth-order valence-electron chi connectivity index (χ4n) is 2.69. The Bertz CT molecular complexity index is 569. The quantitative estimate of drug-likeness (QED) is 0.574. The van der Waals surface area contributed by atoms with Gasteiger partial charge in [0.15, 0.2) is 12.5 Å². The summed E-state index contributed by atoms with van der Waals surface area (Å²) < 4.78 is 38.4. The third-order valence-electron chi connectivity index (χ3n) is 3.95. The van der Waals surface area contributed by atoms with Gasteiger partial charge in [0.1, 0.15) is 6.73 Å². The van der Waals surface area contributed by atoms with Gasteiger partial charge in [0.2, 0.25) is 5.92 Å². The first-order chi connectivity index (χ1) is 12.9. The van der Waals surface area contributed by atoms with E-state index in [4.69, 9.17) is 8.95 Å². The molecule has 6 nitrogen and oxygen atoms in total. The predicted octanol–water partition coefficient (Wildman–Crippen LogP) is 3.60. The molecule has 1 aliphatic carbocycles. The van der Waals surface area contributed by atoms with Crippen LogP contribution in [0, 0.1) is 5.92 Å². The summed E-state index contributed by atoms with van der Waals surface area (Å²) in [6.07, 6.45) is 0.611. The molecule has 154 valence electrons. The van der Waals surface area contributed by atoms with Gasteiger partial charge in [-0.2, -0.15) is 4.21 Å². The molecule has 1 aromatic rings. The van der Waals surface area contributed by atoms with E-state index in [1.807, 2.05) is 19.9 Å². The van der Waals surface area contributed by atoms with Crippen LogP contribution in [0.25, 0.3) is 0 Å². The number of anilines is 2. The second-order valence-corrected chi connectivity index (χ2v) is 5.79. The van der Waals surface area contributed by atoms with Crippen molar-refractivity contribution in [2.45, 2.75) is 39.0 Å². The number of benzene rings is 1. The minimum atomic E-state index is -2.48. The van der Waals surface area contributed by atoms with E-state index in [1.54, 1.807) is 26.3 Å². The molecule has 3 N–H and O–H groups in total. The molecular weight excluding hydrogens is 376 g/mol. The Labute approximate surface area is 165 Å². The summed E-state index contributed by atoms with van der Waals surface area (Å²) >= 11 is 2.83. The zero-order valence-corrected chi connectivity index (χ0v) is 17.1. The van der Waals surface area contributed by atoms with Crippen LogP contribution in [0.2, 0.25) is 0 Å². The molecule has 0 atom stereocenters. The molecule has 0 heterocycles. The fourth-order valence-corrected chi connectivity index (χ4v) is 2.69. The highest BCUT2D eigenvalue weighted by atomic mass is 32.1. The van der Waals surface area contributed by atoms with Crippen LogP contribution in [-0.4, -0.2) is 43.5 Å². The molecule has 0 bridgehead atoms. The van der Waals surface area contributed by atoms with Gasteiger partial charge in [0.05, 0.1) is 5.56 Å². The summed E-state index contributed by atoms with van der Waals surface area (Å²) in [5.74, 6) is -2.63. The van der Waals surface area contributed by atoms with Gasteiger partial charge >= 0.3 is 0 Å². The number of carbonyl (C=O) groups is 1. The number of hydrogen-bond donors (Lipinski definition) is 3. The van der Waals surface area contributed by atoms with E-state index in [2.05, 4.69) is 28.5 Å². The Balaban J connectivity index is 0.00000158. The number of alkyl halides is 2. The van der Waals surface area contributed by atoms with Crippen molar-refractivity contribution in [3.8, 4) is 0 Å². The van der Waals surface area contributed by atoms with Crippen LogP contribution in [0.5, 0.6) is 0 Å². The van der Waals surface area contributed by atoms with Crippen molar-refractivity contribution in [1.82, 2.24) is 5.32 Å². The lowest BCUT2D eigenvalue weighted by molar-refractivity contribution is -0.111. The SMILES string of the molecule is CC.CNC(=O)c1cc(NCOC)ccc1NCCC1CC(F)(F)C1.O=S. The van der Waals surface area contributed by atoms with E-state index in [0.717, 1.165) is 5.69 Å². The topological polar surface area (TPSA) is 79.5 Å². The molecule has 0 saturated heterocycles. The Morgan fingerprint density at radius 3 is 2.41 bits per heavy atom. The van der Waals surface area contributed by atoms with E-state index in [0.29, 0.717) is 30.9 Å². The van der Waals surface area contributed by atoms with Crippen LogP contribution in [0.15, 0.2) is 18.2 Å². The molecule has 2 rings (SSSR count). The van der Waals surface area contributed by atoms with Gasteiger partial charge in [-0.1, -0.05) is 13.8 Å². The average Bonchev–Trinajstić information content (AvgIpc) is 2.68. The molecule has 0 spiro atoms. The average molecular weight is 406 g/mol. The largest absolute Gasteiger partial charge is 0.384 e. The van der Waals surface area contributed by atoms with Gasteiger partial charge in [-0.15, -0.1) is 0 Å². The monoisotopic (exact) mass is 405 g/mol. The van der Waals surface area contributed by atoms with Crippen molar-refractivity contribution < 1.29 is 22.5 Å². The summed E-state index contributed by atoms with van der Waals surface area (Å²) in [7, 11) is 3.14. The number of nitrogens with one attached hydrogen (secondary N) is 3. The van der Waals surface area contributed by atoms with Crippen molar-refractivity contribution in [3.05, 3.63) is 23.8 Å². The minimum absolute atomic E-state index is 0.0309. The Morgan fingerprint density at radius 1 is 1.26 bits per heavy atom. The van der Waals surface area contributed by atoms with Crippen molar-refractivity contribution in [3.63, 3.8) is 0 Å². The second-order valence-electron chi connectivity index (χ2n) is 5.79. The van der Waals surface area contributed by atoms with Crippen LogP contribution in [0.4, 0.5) is 20.2 Å². The Morgan fingerprint density at radius 2 is 1.89 bits per heavy atom. The van der Waals surface area contributed by atoms with E-state index >= 15 is 0 Å². The van der Waals surface area contributed by atoms with Gasteiger partial charge < -0.3 is 20.7 Å². The zero-order valence-electron chi connectivity index (χ0n) is 16.2. The molecule has 0 aliphatic heterocycles. The molecule has 27 heavy (non-hydrogen) atoms. The number of halogens is 2. The van der Waals surface area contributed by atoms with Gasteiger partial charge in [0.25, 0.3) is 5.91 Å². The fraction of sp³-hybridized carbons (Fsp3) is 0.611. The molecule has 9 heteroatoms. The van der Waals surface area contributed by atoms with Crippen LogP contribution >= 0.6 is 0 Å². The van der Waals surface area contributed by atoms with Gasteiger partial charge in [-0.05, 0) is 30.5 Å². The summed E-state index contributed by atoms with van der Waals surface area (Å²) in [6.45, 7) is 4.91. The second kappa shape index (κ2) is 13.3. The first kappa shape index (κ1) is 25.1. The van der Waals surface area contributed by atoms with Crippen molar-refractivity contribution >= 4 is 29.8 Å². The van der Waals surface area contributed by atoms with Crippen LogP contribution < -0.4 is 16.0 Å². The standard InChI is InChI=1S/C16H23F2N3O2.C2H6.OS/c1-19-15(22)13-7-12(21-10-23-2)3-4-14(13)20-6-5-11-8-16(17,18)9-11;2*1-2/h3-4,7,11,20-21H,5-6,8-10H2,1-2H3,(H,19,22);1-2H3;. The third kappa shape index (κ3) is 8.57. The Hall–Kier alpha value is -1.87. The van der Waals surface area contributed by atoms with Gasteiger partial charge in [0, 0.05) is 44.9 Å². The molecule has 0 unspecified atom stereocenters. The van der Waals surface area contributed by atoms with Crippen LogP contribution in [0.1, 0.15) is 43.5 Å². The molecule has 0 aromatic heterocycles. The number of methoxy groups -OCH3 is 1. The molecular formula is C18H29F2N3O3S. The molecule has 1 amide bonds. The third-order valence-corrected chi connectivity index (χ3v) is 3.95. The van der Waals surface area contributed by atoms with Gasteiger partial charge in [-0.25, -0.2) is 8.78 Å². The lowest BCUT2D eigenvalue weighted by atomic mass is 9.79. The van der Waals surface area contributed by atoms with E-state index < -0.39 is 5.92 Å². The molecule has 1 saturated carbocycles. The lowest BCUT2D eigenvalue weighted by Crippen LogP contribution is -2.36. The normalized spacial score (nSPS) is 14.4. The van der Waals surface area contributed by atoms with E-state index in [-0.39, 0.29) is 24.7 Å². The maximum absolute atomic E-state index is 12.8. The molecule has 0 radical (unpaired) electrons. The molecule has 1 aliphatic rings.